The van der Waals surface area contributed by atoms with E-state index in [1.54, 1.807) is 22.8 Å². The summed E-state index contributed by atoms with van der Waals surface area (Å²) in [6.45, 7) is 3.76. The number of aromatic nitrogens is 2. The Hall–Kier alpha value is -3.36. The molecule has 1 aliphatic heterocycles. The van der Waals surface area contributed by atoms with Gasteiger partial charge in [-0.1, -0.05) is 12.1 Å². The van der Waals surface area contributed by atoms with Crippen molar-refractivity contribution >= 4 is 29.1 Å². The molecule has 9 nitrogen and oxygen atoms in total. The molecule has 0 atom stereocenters. The van der Waals surface area contributed by atoms with Gasteiger partial charge in [-0.2, -0.15) is 5.10 Å². The number of nitrogens with one attached hydrogen (secondary N) is 2. The zero-order valence-electron chi connectivity index (χ0n) is 17.1. The van der Waals surface area contributed by atoms with Crippen molar-refractivity contribution in [3.05, 3.63) is 42.2 Å². The molecule has 154 valence electrons. The highest BCUT2D eigenvalue weighted by atomic mass is 16.2. The molecule has 3 rings (SSSR count). The summed E-state index contributed by atoms with van der Waals surface area (Å²) < 4.78 is 1.69. The Morgan fingerprint density at radius 3 is 2.59 bits per heavy atom. The molecule has 9 heteroatoms. The van der Waals surface area contributed by atoms with Crippen LogP contribution in [0, 0.1) is 0 Å². The number of piperazine rings is 1. The van der Waals surface area contributed by atoms with Crippen LogP contribution >= 0.6 is 0 Å². The van der Waals surface area contributed by atoms with Crippen molar-refractivity contribution in [2.45, 2.75) is 13.3 Å². The van der Waals surface area contributed by atoms with Crippen LogP contribution in [0.2, 0.25) is 0 Å². The molecule has 0 spiro atoms. The highest BCUT2D eigenvalue weighted by Crippen LogP contribution is 2.16. The molecular weight excluding hydrogens is 370 g/mol. The maximum Gasteiger partial charge on any atom is 0.246 e. The summed E-state index contributed by atoms with van der Waals surface area (Å²) in [4.78, 5) is 31.7. The van der Waals surface area contributed by atoms with E-state index in [2.05, 4.69) is 20.7 Å². The van der Waals surface area contributed by atoms with Gasteiger partial charge in [-0.05, 0) is 24.1 Å². The predicted octanol–water partition coefficient (Wildman–Crippen LogP) is 0.845. The third-order valence-corrected chi connectivity index (χ3v) is 4.71. The van der Waals surface area contributed by atoms with E-state index in [0.29, 0.717) is 19.6 Å². The molecule has 1 fully saturated rings. The van der Waals surface area contributed by atoms with E-state index < -0.39 is 0 Å². The highest BCUT2D eigenvalue weighted by Gasteiger charge is 2.27. The van der Waals surface area contributed by atoms with Gasteiger partial charge in [0.25, 0.3) is 0 Å². The van der Waals surface area contributed by atoms with Gasteiger partial charge in [-0.25, -0.2) is 0 Å². The van der Waals surface area contributed by atoms with Gasteiger partial charge in [-0.3, -0.25) is 19.3 Å². The highest BCUT2D eigenvalue weighted by molar-refractivity contribution is 5.98. The van der Waals surface area contributed by atoms with Crippen molar-refractivity contribution in [1.82, 2.24) is 20.0 Å². The first kappa shape index (κ1) is 20.4. The van der Waals surface area contributed by atoms with Crippen molar-refractivity contribution in [3.8, 4) is 0 Å². The number of anilines is 2. The lowest BCUT2D eigenvalue weighted by Crippen LogP contribution is -2.55. The van der Waals surface area contributed by atoms with Gasteiger partial charge in [0.2, 0.25) is 11.8 Å². The Bertz CT molecular complexity index is 888. The molecule has 0 bridgehead atoms. The first-order valence-corrected chi connectivity index (χ1v) is 9.57. The second kappa shape index (κ2) is 9.22. The lowest BCUT2D eigenvalue weighted by Gasteiger charge is -2.35. The molecule has 1 aromatic heterocycles. The molecule has 0 aliphatic carbocycles. The minimum absolute atomic E-state index is 0.0285. The van der Waals surface area contributed by atoms with Gasteiger partial charge in [0.15, 0.2) is 5.96 Å². The molecule has 1 aliphatic rings. The molecule has 0 unspecified atom stereocenters. The Kier molecular flexibility index (Phi) is 6.48. The number of guanidine groups is 1. The topological polar surface area (TPSA) is 94.9 Å². The van der Waals surface area contributed by atoms with Crippen molar-refractivity contribution in [2.24, 2.45) is 12.0 Å². The molecule has 2 N–H and O–H groups in total. The first-order valence-electron chi connectivity index (χ1n) is 9.57. The van der Waals surface area contributed by atoms with Crippen LogP contribution in [-0.4, -0.2) is 65.7 Å². The monoisotopic (exact) mass is 397 g/mol. The number of benzene rings is 1. The molecule has 1 saturated heterocycles. The van der Waals surface area contributed by atoms with Crippen molar-refractivity contribution in [3.63, 3.8) is 0 Å². The predicted molar refractivity (Wildman–Crippen MR) is 113 cm³/mol. The van der Waals surface area contributed by atoms with E-state index in [-0.39, 0.29) is 18.4 Å². The molecule has 2 amide bonds. The van der Waals surface area contributed by atoms with Gasteiger partial charge in [0, 0.05) is 52.5 Å². The van der Waals surface area contributed by atoms with E-state index in [0.717, 1.165) is 29.3 Å². The van der Waals surface area contributed by atoms with E-state index in [1.807, 2.05) is 42.4 Å². The van der Waals surface area contributed by atoms with Crippen LogP contribution in [0.3, 0.4) is 0 Å². The molecular formula is C20H27N7O2. The van der Waals surface area contributed by atoms with Crippen molar-refractivity contribution in [1.29, 1.82) is 0 Å². The Morgan fingerprint density at radius 1 is 1.24 bits per heavy atom. The summed E-state index contributed by atoms with van der Waals surface area (Å²) in [5, 5.41) is 10.2. The zero-order valence-corrected chi connectivity index (χ0v) is 17.1. The third kappa shape index (κ3) is 5.34. The number of hydrogen-bond donors (Lipinski definition) is 2. The van der Waals surface area contributed by atoms with Gasteiger partial charge < -0.3 is 20.4 Å². The fourth-order valence-electron chi connectivity index (χ4n) is 3.28. The normalized spacial score (nSPS) is 14.9. The van der Waals surface area contributed by atoms with Crippen LogP contribution in [0.4, 0.5) is 11.4 Å². The number of carbonyl (C=O) groups is 2. The average molecular weight is 397 g/mol. The molecule has 2 aromatic rings. The first-order chi connectivity index (χ1) is 14.0. The Morgan fingerprint density at radius 2 is 2.00 bits per heavy atom. The summed E-state index contributed by atoms with van der Waals surface area (Å²) in [6, 6.07) is 7.77. The largest absolute Gasteiger partial charge is 0.356 e. The molecule has 0 saturated carbocycles. The minimum atomic E-state index is -0.0820. The quantitative estimate of drug-likeness (QED) is 0.576. The van der Waals surface area contributed by atoms with Gasteiger partial charge in [-0.15, -0.1) is 0 Å². The summed E-state index contributed by atoms with van der Waals surface area (Å²) in [6.07, 6.45) is 4.36. The standard InChI is InChI=1S/C20H27N7O2/c1-15(28)24-17-6-4-16(5-7-17)8-9-22-20(21-2)26-10-11-27(19(29)14-26)18-12-23-25(3)13-18/h4-7,12-13H,8-11,14H2,1-3H3,(H,21,22)(H,24,28). The van der Waals surface area contributed by atoms with E-state index in [9.17, 15) is 9.59 Å². The summed E-state index contributed by atoms with van der Waals surface area (Å²) in [7, 11) is 3.56. The number of hydrogen-bond acceptors (Lipinski definition) is 4. The fraction of sp³-hybridized carbons (Fsp3) is 0.400. The number of aryl methyl sites for hydroxylation is 1. The number of nitrogens with zero attached hydrogens (tertiary/aromatic N) is 5. The number of aliphatic imine (C=N–C) groups is 1. The number of rotatable bonds is 5. The maximum atomic E-state index is 12.6. The summed E-state index contributed by atoms with van der Waals surface area (Å²) >= 11 is 0. The van der Waals surface area contributed by atoms with Crippen LogP contribution in [0.5, 0.6) is 0 Å². The van der Waals surface area contributed by atoms with E-state index >= 15 is 0 Å². The number of amides is 2. The van der Waals surface area contributed by atoms with Crippen LogP contribution in [-0.2, 0) is 23.1 Å². The van der Waals surface area contributed by atoms with Crippen LogP contribution < -0.4 is 15.5 Å². The second-order valence-corrected chi connectivity index (χ2v) is 6.94. The SMILES string of the molecule is CN=C(NCCc1ccc(NC(C)=O)cc1)N1CCN(c2cnn(C)c2)C(=O)C1. The van der Waals surface area contributed by atoms with Crippen LogP contribution in [0.15, 0.2) is 41.7 Å². The van der Waals surface area contributed by atoms with E-state index in [1.165, 1.54) is 6.92 Å². The molecule has 2 heterocycles. The smallest absolute Gasteiger partial charge is 0.246 e. The van der Waals surface area contributed by atoms with Crippen LogP contribution in [0.25, 0.3) is 0 Å². The molecule has 0 radical (unpaired) electrons. The van der Waals surface area contributed by atoms with Gasteiger partial charge >= 0.3 is 0 Å². The van der Waals surface area contributed by atoms with Gasteiger partial charge in [0.1, 0.15) is 6.54 Å². The Balaban J connectivity index is 1.49. The lowest BCUT2D eigenvalue weighted by molar-refractivity contribution is -0.120. The lowest BCUT2D eigenvalue weighted by atomic mass is 10.1. The Labute approximate surface area is 170 Å². The molecule has 1 aromatic carbocycles. The van der Waals surface area contributed by atoms with Crippen molar-refractivity contribution < 1.29 is 9.59 Å². The third-order valence-electron chi connectivity index (χ3n) is 4.71. The average Bonchev–Trinajstić information content (AvgIpc) is 3.12. The van der Waals surface area contributed by atoms with E-state index in [4.69, 9.17) is 0 Å². The fourth-order valence-corrected chi connectivity index (χ4v) is 3.28. The second-order valence-electron chi connectivity index (χ2n) is 6.94. The minimum Gasteiger partial charge on any atom is -0.356 e. The molecule has 29 heavy (non-hydrogen) atoms. The summed E-state index contributed by atoms with van der Waals surface area (Å²) in [5.74, 6) is 0.668. The van der Waals surface area contributed by atoms with Gasteiger partial charge in [0.05, 0.1) is 11.9 Å². The van der Waals surface area contributed by atoms with Crippen molar-refractivity contribution in [2.75, 3.05) is 43.4 Å². The maximum absolute atomic E-state index is 12.6. The van der Waals surface area contributed by atoms with Crippen LogP contribution in [0.1, 0.15) is 12.5 Å². The summed E-state index contributed by atoms with van der Waals surface area (Å²) in [5.41, 5.74) is 2.76. The number of carbonyl (C=O) groups excluding carboxylic acids is 2. The zero-order chi connectivity index (χ0) is 20.8.